The van der Waals surface area contributed by atoms with Gasteiger partial charge < -0.3 is 11.1 Å². The zero-order chi connectivity index (χ0) is 12.6. The van der Waals surface area contributed by atoms with Gasteiger partial charge in [0.05, 0.1) is 0 Å². The lowest BCUT2D eigenvalue weighted by atomic mass is 10.2. The van der Waals surface area contributed by atoms with Crippen LogP contribution in [0.2, 0.25) is 0 Å². The minimum atomic E-state index is 0.686. The number of hydrogen-bond acceptors (Lipinski definition) is 5. The maximum Gasteiger partial charge on any atom is 0.180 e. The lowest BCUT2D eigenvalue weighted by Crippen LogP contribution is -2.04. The van der Waals surface area contributed by atoms with E-state index in [4.69, 9.17) is 5.73 Å². The van der Waals surface area contributed by atoms with Crippen LogP contribution >= 0.6 is 0 Å². The van der Waals surface area contributed by atoms with Gasteiger partial charge in [0.2, 0.25) is 0 Å². The maximum atomic E-state index is 5.45. The van der Waals surface area contributed by atoms with E-state index in [1.165, 1.54) is 12.8 Å². The van der Waals surface area contributed by atoms with E-state index in [2.05, 4.69) is 20.3 Å². The van der Waals surface area contributed by atoms with Crippen LogP contribution in [0.1, 0.15) is 25.7 Å². The van der Waals surface area contributed by atoms with Gasteiger partial charge in [-0.05, 0) is 31.5 Å². The van der Waals surface area contributed by atoms with Crippen LogP contribution in [-0.4, -0.2) is 28.0 Å². The van der Waals surface area contributed by atoms with Crippen LogP contribution < -0.4 is 11.1 Å². The number of unbranched alkanes of at least 4 members (excludes halogenated alkanes) is 3. The highest BCUT2D eigenvalue weighted by molar-refractivity contribution is 5.71. The molecule has 3 N–H and O–H groups in total. The first-order valence-corrected chi connectivity index (χ1v) is 6.42. The summed E-state index contributed by atoms with van der Waals surface area (Å²) >= 11 is 0. The molecule has 0 aliphatic heterocycles. The van der Waals surface area contributed by atoms with Crippen molar-refractivity contribution in [2.24, 2.45) is 5.73 Å². The Morgan fingerprint density at radius 1 is 1.00 bits per heavy atom. The molecule has 2 aromatic heterocycles. The van der Waals surface area contributed by atoms with Crippen LogP contribution in [0.15, 0.2) is 24.5 Å². The van der Waals surface area contributed by atoms with Crippen LogP contribution in [0.25, 0.3) is 11.2 Å². The van der Waals surface area contributed by atoms with Crippen molar-refractivity contribution in [2.75, 3.05) is 18.4 Å². The van der Waals surface area contributed by atoms with Crippen LogP contribution in [0.3, 0.4) is 0 Å². The fourth-order valence-corrected chi connectivity index (χ4v) is 1.79. The predicted octanol–water partition coefficient (Wildman–Crippen LogP) is 1.96. The van der Waals surface area contributed by atoms with Crippen molar-refractivity contribution in [2.45, 2.75) is 25.7 Å². The number of fused-ring (bicyclic) bond motifs is 1. The van der Waals surface area contributed by atoms with Gasteiger partial charge in [0.15, 0.2) is 5.65 Å². The molecule has 5 nitrogen and oxygen atoms in total. The standard InChI is InChI=1S/C13H19N5/c14-7-3-1-2-4-8-16-12-6-5-11-13(18-12)17-10-9-15-11/h5-6,9-10H,1-4,7-8,14H2,(H,16,17,18). The van der Waals surface area contributed by atoms with Crippen LogP contribution in [0.4, 0.5) is 5.82 Å². The van der Waals surface area contributed by atoms with Gasteiger partial charge in [0.25, 0.3) is 0 Å². The highest BCUT2D eigenvalue weighted by atomic mass is 15.0. The molecular weight excluding hydrogens is 226 g/mol. The van der Waals surface area contributed by atoms with Gasteiger partial charge >= 0.3 is 0 Å². The summed E-state index contributed by atoms with van der Waals surface area (Å²) in [6.45, 7) is 1.72. The number of nitrogens with two attached hydrogens (primary N) is 1. The molecule has 0 aliphatic rings. The van der Waals surface area contributed by atoms with E-state index in [0.717, 1.165) is 37.3 Å². The summed E-state index contributed by atoms with van der Waals surface area (Å²) in [5, 5.41) is 3.30. The number of pyridine rings is 1. The Labute approximate surface area is 107 Å². The highest BCUT2D eigenvalue weighted by Crippen LogP contribution is 2.10. The molecule has 0 unspecified atom stereocenters. The van der Waals surface area contributed by atoms with Crippen LogP contribution in [0, 0.1) is 0 Å². The minimum Gasteiger partial charge on any atom is -0.370 e. The Morgan fingerprint density at radius 2 is 1.83 bits per heavy atom. The summed E-state index contributed by atoms with van der Waals surface area (Å²) in [6, 6.07) is 3.88. The number of nitrogens with zero attached hydrogens (tertiary/aromatic N) is 3. The third kappa shape index (κ3) is 3.63. The second-order valence-electron chi connectivity index (χ2n) is 4.23. The Kier molecular flexibility index (Phi) is 4.84. The van der Waals surface area contributed by atoms with Gasteiger partial charge in [-0.25, -0.2) is 9.97 Å². The molecule has 0 aliphatic carbocycles. The number of anilines is 1. The summed E-state index contributed by atoms with van der Waals surface area (Å²) in [6.07, 6.45) is 8.00. The Hall–Kier alpha value is -1.75. The first-order valence-electron chi connectivity index (χ1n) is 6.42. The van der Waals surface area contributed by atoms with E-state index in [1.807, 2.05) is 12.1 Å². The van der Waals surface area contributed by atoms with Crippen molar-refractivity contribution in [3.63, 3.8) is 0 Å². The zero-order valence-corrected chi connectivity index (χ0v) is 10.5. The van der Waals surface area contributed by atoms with E-state index >= 15 is 0 Å². The molecule has 0 amide bonds. The van der Waals surface area contributed by atoms with Gasteiger partial charge in [-0.2, -0.15) is 0 Å². The molecule has 0 fully saturated rings. The molecule has 0 atom stereocenters. The Morgan fingerprint density at radius 3 is 2.72 bits per heavy atom. The van der Waals surface area contributed by atoms with E-state index in [0.29, 0.717) is 5.65 Å². The largest absolute Gasteiger partial charge is 0.370 e. The zero-order valence-electron chi connectivity index (χ0n) is 10.5. The van der Waals surface area contributed by atoms with E-state index in [9.17, 15) is 0 Å². The second-order valence-corrected chi connectivity index (χ2v) is 4.23. The van der Waals surface area contributed by atoms with Crippen LogP contribution in [-0.2, 0) is 0 Å². The number of rotatable bonds is 7. The average Bonchev–Trinajstić information content (AvgIpc) is 2.42. The average molecular weight is 245 g/mol. The van der Waals surface area contributed by atoms with Gasteiger partial charge in [-0.3, -0.25) is 4.98 Å². The van der Waals surface area contributed by atoms with Crippen molar-refractivity contribution in [3.05, 3.63) is 24.5 Å². The Bertz CT molecular complexity index is 486. The first kappa shape index (κ1) is 12.7. The molecule has 2 rings (SSSR count). The van der Waals surface area contributed by atoms with E-state index < -0.39 is 0 Å². The highest BCUT2D eigenvalue weighted by Gasteiger charge is 1.98. The SMILES string of the molecule is NCCCCCCNc1ccc2nccnc2n1. The molecule has 0 radical (unpaired) electrons. The second kappa shape index (κ2) is 6.86. The maximum absolute atomic E-state index is 5.45. The third-order valence-electron chi connectivity index (χ3n) is 2.77. The number of aromatic nitrogens is 3. The van der Waals surface area contributed by atoms with Gasteiger partial charge in [-0.15, -0.1) is 0 Å². The summed E-state index contributed by atoms with van der Waals surface area (Å²) in [4.78, 5) is 12.8. The quantitative estimate of drug-likeness (QED) is 0.729. The Balaban J connectivity index is 1.81. The molecule has 2 aromatic rings. The molecule has 18 heavy (non-hydrogen) atoms. The van der Waals surface area contributed by atoms with E-state index in [-0.39, 0.29) is 0 Å². The molecule has 0 saturated heterocycles. The molecule has 0 saturated carbocycles. The summed E-state index contributed by atoms with van der Waals surface area (Å²) in [5.74, 6) is 0.863. The lowest BCUT2D eigenvalue weighted by Gasteiger charge is -2.05. The van der Waals surface area contributed by atoms with Gasteiger partial charge in [0, 0.05) is 18.9 Å². The third-order valence-corrected chi connectivity index (χ3v) is 2.77. The molecule has 2 heterocycles. The molecular formula is C13H19N5. The summed E-state index contributed by atoms with van der Waals surface area (Å²) in [5.41, 5.74) is 6.96. The summed E-state index contributed by atoms with van der Waals surface area (Å²) < 4.78 is 0. The molecule has 0 aromatic carbocycles. The lowest BCUT2D eigenvalue weighted by molar-refractivity contribution is 0.661. The van der Waals surface area contributed by atoms with Crippen molar-refractivity contribution in [3.8, 4) is 0 Å². The van der Waals surface area contributed by atoms with Crippen molar-refractivity contribution in [1.82, 2.24) is 15.0 Å². The van der Waals surface area contributed by atoms with Crippen molar-refractivity contribution >= 4 is 17.0 Å². The van der Waals surface area contributed by atoms with Gasteiger partial charge in [0.1, 0.15) is 11.3 Å². The fraction of sp³-hybridized carbons (Fsp3) is 0.462. The number of hydrogen-bond donors (Lipinski definition) is 2. The fourth-order valence-electron chi connectivity index (χ4n) is 1.79. The van der Waals surface area contributed by atoms with Crippen LogP contribution in [0.5, 0.6) is 0 Å². The monoisotopic (exact) mass is 245 g/mol. The van der Waals surface area contributed by atoms with Gasteiger partial charge in [-0.1, -0.05) is 12.8 Å². The number of nitrogens with one attached hydrogen (secondary N) is 1. The normalized spacial score (nSPS) is 10.7. The molecule has 5 heteroatoms. The van der Waals surface area contributed by atoms with Crippen molar-refractivity contribution < 1.29 is 0 Å². The molecule has 0 bridgehead atoms. The van der Waals surface area contributed by atoms with E-state index in [1.54, 1.807) is 12.4 Å². The van der Waals surface area contributed by atoms with Crippen molar-refractivity contribution in [1.29, 1.82) is 0 Å². The summed E-state index contributed by atoms with van der Waals surface area (Å²) in [7, 11) is 0. The molecule has 0 spiro atoms. The molecule has 96 valence electrons. The topological polar surface area (TPSA) is 76.7 Å². The minimum absolute atomic E-state index is 0.686. The smallest absolute Gasteiger partial charge is 0.180 e. The predicted molar refractivity (Wildman–Crippen MR) is 73.3 cm³/mol. The first-order chi connectivity index (χ1) is 8.90.